The number of amides is 2. The van der Waals surface area contributed by atoms with Crippen molar-refractivity contribution < 1.29 is 14.3 Å². The van der Waals surface area contributed by atoms with Crippen LogP contribution in [0.4, 0.5) is 0 Å². The van der Waals surface area contributed by atoms with E-state index in [1.165, 1.54) is 6.42 Å². The molecule has 148 valence electrons. The molecule has 28 heavy (non-hydrogen) atoms. The highest BCUT2D eigenvalue weighted by atomic mass is 16.5. The molecule has 2 aromatic carbocycles. The highest BCUT2D eigenvalue weighted by Gasteiger charge is 2.17. The zero-order valence-electron chi connectivity index (χ0n) is 16.4. The number of piperidine rings is 1. The molecule has 5 nitrogen and oxygen atoms in total. The zero-order valence-corrected chi connectivity index (χ0v) is 16.4. The summed E-state index contributed by atoms with van der Waals surface area (Å²) in [6.45, 7) is 4.47. The number of aryl methyl sites for hydroxylation is 1. The van der Waals surface area contributed by atoms with Crippen LogP contribution in [0.1, 0.15) is 47.2 Å². The number of hydrogen-bond acceptors (Lipinski definition) is 3. The Kier molecular flexibility index (Phi) is 7.06. The second kappa shape index (κ2) is 9.93. The average Bonchev–Trinajstić information content (AvgIpc) is 2.74. The van der Waals surface area contributed by atoms with E-state index in [1.807, 2.05) is 60.4 Å². The first-order valence-electron chi connectivity index (χ1n) is 9.97. The van der Waals surface area contributed by atoms with Crippen LogP contribution in [0.25, 0.3) is 0 Å². The first kappa shape index (κ1) is 19.9. The fraction of sp³-hybridized carbons (Fsp3) is 0.391. The van der Waals surface area contributed by atoms with E-state index >= 15 is 0 Å². The maximum Gasteiger partial charge on any atom is 0.253 e. The molecular formula is C23H28N2O3. The van der Waals surface area contributed by atoms with Gasteiger partial charge in [0, 0.05) is 25.2 Å². The molecule has 0 radical (unpaired) electrons. The second-order valence-corrected chi connectivity index (χ2v) is 7.19. The molecule has 0 spiro atoms. The molecule has 1 N–H and O–H groups in total. The summed E-state index contributed by atoms with van der Waals surface area (Å²) in [5.41, 5.74) is 2.74. The quantitative estimate of drug-likeness (QED) is 0.797. The van der Waals surface area contributed by atoms with E-state index in [-0.39, 0.29) is 11.8 Å². The smallest absolute Gasteiger partial charge is 0.253 e. The van der Waals surface area contributed by atoms with Gasteiger partial charge in [0.25, 0.3) is 5.91 Å². The van der Waals surface area contributed by atoms with Crippen LogP contribution in [-0.2, 0) is 11.3 Å². The lowest BCUT2D eigenvalue weighted by molar-refractivity contribution is -0.121. The number of likely N-dealkylation sites (tertiary alicyclic amines) is 1. The summed E-state index contributed by atoms with van der Waals surface area (Å²) < 4.78 is 5.66. The lowest BCUT2D eigenvalue weighted by atomic mass is 10.1. The molecule has 1 aliphatic rings. The van der Waals surface area contributed by atoms with Crippen molar-refractivity contribution in [3.8, 4) is 5.75 Å². The fourth-order valence-corrected chi connectivity index (χ4v) is 3.31. The van der Waals surface area contributed by atoms with Crippen LogP contribution in [0, 0.1) is 6.92 Å². The lowest BCUT2D eigenvalue weighted by Gasteiger charge is -2.26. The van der Waals surface area contributed by atoms with Crippen LogP contribution in [0.3, 0.4) is 0 Å². The molecule has 0 unspecified atom stereocenters. The van der Waals surface area contributed by atoms with Gasteiger partial charge in [0.15, 0.2) is 0 Å². The van der Waals surface area contributed by atoms with Crippen LogP contribution in [-0.4, -0.2) is 36.4 Å². The summed E-state index contributed by atoms with van der Waals surface area (Å²) in [5, 5.41) is 2.90. The van der Waals surface area contributed by atoms with Gasteiger partial charge >= 0.3 is 0 Å². The predicted molar refractivity (Wildman–Crippen MR) is 109 cm³/mol. The van der Waals surface area contributed by atoms with Gasteiger partial charge in [0.2, 0.25) is 5.91 Å². The van der Waals surface area contributed by atoms with Crippen molar-refractivity contribution in [2.45, 2.75) is 39.2 Å². The lowest BCUT2D eigenvalue weighted by Crippen LogP contribution is -2.35. The Hall–Kier alpha value is -2.82. The molecule has 0 saturated carbocycles. The highest BCUT2D eigenvalue weighted by molar-refractivity contribution is 5.94. The van der Waals surface area contributed by atoms with Gasteiger partial charge in [-0.2, -0.15) is 0 Å². The minimum Gasteiger partial charge on any atom is -0.493 e. The Morgan fingerprint density at radius 3 is 2.43 bits per heavy atom. The van der Waals surface area contributed by atoms with E-state index in [1.54, 1.807) is 0 Å². The van der Waals surface area contributed by atoms with E-state index in [2.05, 4.69) is 5.32 Å². The number of para-hydroxylation sites is 1. The molecule has 0 aliphatic carbocycles. The molecule has 0 aromatic heterocycles. The van der Waals surface area contributed by atoms with Crippen LogP contribution in [0.15, 0.2) is 48.5 Å². The number of rotatable bonds is 7. The van der Waals surface area contributed by atoms with Crippen LogP contribution in [0.2, 0.25) is 0 Å². The molecular weight excluding hydrogens is 352 g/mol. The number of nitrogens with zero attached hydrogens (tertiary/aromatic N) is 1. The van der Waals surface area contributed by atoms with Gasteiger partial charge in [-0.25, -0.2) is 0 Å². The molecule has 3 rings (SSSR count). The van der Waals surface area contributed by atoms with Gasteiger partial charge in [0.05, 0.1) is 13.0 Å². The van der Waals surface area contributed by atoms with Crippen LogP contribution in [0.5, 0.6) is 5.75 Å². The first-order chi connectivity index (χ1) is 13.6. The topological polar surface area (TPSA) is 58.6 Å². The molecule has 2 amide bonds. The van der Waals surface area contributed by atoms with Gasteiger partial charge in [0.1, 0.15) is 5.75 Å². The van der Waals surface area contributed by atoms with Crippen molar-refractivity contribution in [2.75, 3.05) is 19.7 Å². The van der Waals surface area contributed by atoms with E-state index in [4.69, 9.17) is 4.74 Å². The summed E-state index contributed by atoms with van der Waals surface area (Å²) in [4.78, 5) is 26.4. The maximum absolute atomic E-state index is 12.5. The summed E-state index contributed by atoms with van der Waals surface area (Å²) in [6.07, 6.45) is 3.69. The molecule has 1 saturated heterocycles. The van der Waals surface area contributed by atoms with Gasteiger partial charge in [-0.15, -0.1) is 0 Å². The molecule has 2 aromatic rings. The van der Waals surface area contributed by atoms with Crippen molar-refractivity contribution in [3.05, 3.63) is 65.2 Å². The van der Waals surface area contributed by atoms with E-state index in [0.29, 0.717) is 25.1 Å². The molecule has 5 heteroatoms. The highest BCUT2D eigenvalue weighted by Crippen LogP contribution is 2.16. The monoisotopic (exact) mass is 380 g/mol. The van der Waals surface area contributed by atoms with Crippen molar-refractivity contribution in [2.24, 2.45) is 0 Å². The standard InChI is InChI=1S/C23H28N2O3/c1-18-7-3-4-8-21(18)28-16-13-22(26)24-17-19-9-11-20(12-10-19)23(27)25-14-5-2-6-15-25/h3-4,7-12H,2,5-6,13-17H2,1H3,(H,24,26). The Balaban J connectivity index is 1.41. The van der Waals surface area contributed by atoms with Crippen LogP contribution >= 0.6 is 0 Å². The Bertz CT molecular complexity index is 796. The van der Waals surface area contributed by atoms with E-state index in [9.17, 15) is 9.59 Å². The first-order valence-corrected chi connectivity index (χ1v) is 9.97. The summed E-state index contributed by atoms with van der Waals surface area (Å²) in [7, 11) is 0. The molecule has 0 bridgehead atoms. The Morgan fingerprint density at radius 1 is 1.00 bits per heavy atom. The van der Waals surface area contributed by atoms with Crippen molar-refractivity contribution in [1.29, 1.82) is 0 Å². The normalized spacial score (nSPS) is 13.8. The third-order valence-electron chi connectivity index (χ3n) is 5.01. The van der Waals surface area contributed by atoms with E-state index < -0.39 is 0 Å². The number of carbonyl (C=O) groups is 2. The number of benzene rings is 2. The molecule has 1 heterocycles. The van der Waals surface area contributed by atoms with Gasteiger partial charge in [-0.1, -0.05) is 30.3 Å². The second-order valence-electron chi connectivity index (χ2n) is 7.19. The number of nitrogens with one attached hydrogen (secondary N) is 1. The van der Waals surface area contributed by atoms with Crippen molar-refractivity contribution in [3.63, 3.8) is 0 Å². The minimum absolute atomic E-state index is 0.0537. The van der Waals surface area contributed by atoms with Crippen molar-refractivity contribution >= 4 is 11.8 Å². The van der Waals surface area contributed by atoms with Gasteiger partial charge in [-0.05, 0) is 55.5 Å². The van der Waals surface area contributed by atoms with Crippen LogP contribution < -0.4 is 10.1 Å². The zero-order chi connectivity index (χ0) is 19.8. The molecule has 0 atom stereocenters. The Labute approximate surface area is 166 Å². The molecule has 1 aliphatic heterocycles. The minimum atomic E-state index is -0.0537. The third-order valence-corrected chi connectivity index (χ3v) is 5.01. The van der Waals surface area contributed by atoms with Crippen molar-refractivity contribution in [1.82, 2.24) is 10.2 Å². The summed E-state index contributed by atoms with van der Waals surface area (Å²) in [5.74, 6) is 0.856. The third kappa shape index (κ3) is 5.59. The average molecular weight is 380 g/mol. The SMILES string of the molecule is Cc1ccccc1OCCC(=O)NCc1ccc(C(=O)N2CCCCC2)cc1. The summed E-state index contributed by atoms with van der Waals surface area (Å²) >= 11 is 0. The number of carbonyl (C=O) groups excluding carboxylic acids is 2. The molecule has 1 fully saturated rings. The van der Waals surface area contributed by atoms with Gasteiger partial charge in [-0.3, -0.25) is 9.59 Å². The maximum atomic E-state index is 12.5. The summed E-state index contributed by atoms with van der Waals surface area (Å²) in [6, 6.07) is 15.3. The number of hydrogen-bond donors (Lipinski definition) is 1. The van der Waals surface area contributed by atoms with Gasteiger partial charge < -0.3 is 15.0 Å². The number of ether oxygens (including phenoxy) is 1. The fourth-order valence-electron chi connectivity index (χ4n) is 3.31. The predicted octanol–water partition coefficient (Wildman–Crippen LogP) is 3.71. The van der Waals surface area contributed by atoms with E-state index in [0.717, 1.165) is 42.8 Å². The largest absolute Gasteiger partial charge is 0.493 e. The Morgan fingerprint density at radius 2 is 1.71 bits per heavy atom.